The molecule has 0 amide bonds. The third kappa shape index (κ3) is 8.32. The maximum absolute atomic E-state index is 11.3. The van der Waals surface area contributed by atoms with Crippen LogP contribution in [0.2, 0.25) is 0 Å². The highest BCUT2D eigenvalue weighted by Gasteiger charge is 2.22. The fourth-order valence-corrected chi connectivity index (χ4v) is 1.92. The molecule has 0 fully saturated rings. The molecule has 9 heteroatoms. The van der Waals surface area contributed by atoms with E-state index >= 15 is 0 Å². The van der Waals surface area contributed by atoms with Gasteiger partial charge in [-0.3, -0.25) is 0 Å². The zero-order valence-electron chi connectivity index (χ0n) is 12.7. The first-order chi connectivity index (χ1) is 9.79. The van der Waals surface area contributed by atoms with Crippen molar-refractivity contribution in [2.75, 3.05) is 19.0 Å². The summed E-state index contributed by atoms with van der Waals surface area (Å²) in [6, 6.07) is 0. The van der Waals surface area contributed by atoms with Gasteiger partial charge >= 0.3 is 0 Å². The maximum atomic E-state index is 11.3. The molecule has 4 N–H and O–H groups in total. The first-order valence-electron chi connectivity index (χ1n) is 6.87. The second kappa shape index (κ2) is 10.1. The minimum absolute atomic E-state index is 0.0627. The number of aliphatic hydroxyl groups is 3. The number of sulfonamides is 1. The molecule has 0 aromatic rings. The summed E-state index contributed by atoms with van der Waals surface area (Å²) < 4.78 is 28.0. The molecule has 0 aliphatic heterocycles. The van der Waals surface area contributed by atoms with Crippen LogP contribution in [0.15, 0.2) is 5.10 Å². The summed E-state index contributed by atoms with van der Waals surface area (Å²) in [4.78, 5) is 2.10. The molecular weight excluding hydrogens is 300 g/mol. The number of hydrogen-bond acceptors (Lipinski definition) is 7. The maximum Gasteiger partial charge on any atom is 0.247 e. The predicted octanol–water partition coefficient (Wildman–Crippen LogP) is -0.799. The Bertz CT molecular complexity index is 412. The quantitative estimate of drug-likeness (QED) is 0.291. The van der Waals surface area contributed by atoms with Crippen LogP contribution in [0.25, 0.3) is 0 Å². The highest BCUT2D eigenvalue weighted by atomic mass is 32.2. The lowest BCUT2D eigenvalue weighted by atomic mass is 10.1. The number of nitrogens with one attached hydrogen (secondary N) is 1. The topological polar surface area (TPSA) is 128 Å². The van der Waals surface area contributed by atoms with Gasteiger partial charge < -0.3 is 20.1 Å². The predicted molar refractivity (Wildman–Crippen MR) is 79.5 cm³/mol. The molecule has 21 heavy (non-hydrogen) atoms. The number of hydrazone groups is 1. The number of aliphatic hydroxyl groups excluding tert-OH is 3. The molecule has 0 saturated carbocycles. The Labute approximate surface area is 125 Å². The van der Waals surface area contributed by atoms with Gasteiger partial charge in [-0.25, -0.2) is 13.2 Å². The standard InChI is InChI=1S/C12H26N2O6S/c1-4-10(20-12(8-16)11(17)7-15)6-9(3)13-14-21(18,19)5-2/h10-12,14-17H,4-8H2,1-3H3/b13-9+/t10?,11-,12?/m0/s1. The van der Waals surface area contributed by atoms with Gasteiger partial charge in [-0.2, -0.15) is 5.10 Å². The van der Waals surface area contributed by atoms with Crippen molar-refractivity contribution >= 4 is 15.7 Å². The average molecular weight is 326 g/mol. The minimum atomic E-state index is -3.39. The van der Waals surface area contributed by atoms with Gasteiger partial charge in [-0.1, -0.05) is 6.92 Å². The van der Waals surface area contributed by atoms with E-state index in [1.54, 1.807) is 6.92 Å². The summed E-state index contributed by atoms with van der Waals surface area (Å²) >= 11 is 0. The van der Waals surface area contributed by atoms with Crippen molar-refractivity contribution in [2.45, 2.75) is 51.9 Å². The van der Waals surface area contributed by atoms with E-state index < -0.39 is 35.4 Å². The van der Waals surface area contributed by atoms with Crippen LogP contribution in [-0.2, 0) is 14.8 Å². The van der Waals surface area contributed by atoms with Crippen LogP contribution in [0.1, 0.15) is 33.6 Å². The summed E-state index contributed by atoms with van der Waals surface area (Å²) in [5.74, 6) is -0.0627. The molecule has 0 aromatic carbocycles. The van der Waals surface area contributed by atoms with Crippen LogP contribution >= 0.6 is 0 Å². The molecule has 0 aliphatic carbocycles. The van der Waals surface area contributed by atoms with Crippen LogP contribution in [-0.4, -0.2) is 66.7 Å². The van der Waals surface area contributed by atoms with E-state index in [1.807, 2.05) is 6.92 Å². The zero-order valence-corrected chi connectivity index (χ0v) is 13.5. The number of nitrogens with zero attached hydrogens (tertiary/aromatic N) is 1. The minimum Gasteiger partial charge on any atom is -0.394 e. The fourth-order valence-electron chi connectivity index (χ4n) is 1.50. The van der Waals surface area contributed by atoms with E-state index in [0.29, 0.717) is 18.6 Å². The highest BCUT2D eigenvalue weighted by Crippen LogP contribution is 2.11. The molecular formula is C12H26N2O6S. The Hall–Kier alpha value is -0.740. The van der Waals surface area contributed by atoms with Crippen LogP contribution < -0.4 is 4.83 Å². The normalized spacial score (nSPS) is 17.3. The first kappa shape index (κ1) is 20.3. The van der Waals surface area contributed by atoms with Crippen molar-refractivity contribution in [3.8, 4) is 0 Å². The Morgan fingerprint density at radius 3 is 2.33 bits per heavy atom. The van der Waals surface area contributed by atoms with Gasteiger partial charge in [0.25, 0.3) is 0 Å². The van der Waals surface area contributed by atoms with E-state index in [9.17, 15) is 13.5 Å². The van der Waals surface area contributed by atoms with Gasteiger partial charge in [0.15, 0.2) is 0 Å². The van der Waals surface area contributed by atoms with E-state index in [1.165, 1.54) is 6.92 Å². The molecule has 0 rings (SSSR count). The Balaban J connectivity index is 4.58. The van der Waals surface area contributed by atoms with Crippen LogP contribution in [0.4, 0.5) is 0 Å². The van der Waals surface area contributed by atoms with Crippen molar-refractivity contribution < 1.29 is 28.5 Å². The molecule has 0 saturated heterocycles. The Morgan fingerprint density at radius 1 is 1.29 bits per heavy atom. The van der Waals surface area contributed by atoms with Crippen molar-refractivity contribution in [2.24, 2.45) is 5.10 Å². The van der Waals surface area contributed by atoms with Crippen LogP contribution in [0.5, 0.6) is 0 Å². The lowest BCUT2D eigenvalue weighted by molar-refractivity contribution is -0.108. The summed E-state index contributed by atoms with van der Waals surface area (Å²) in [6.45, 7) is 4.09. The fraction of sp³-hybridized carbons (Fsp3) is 0.917. The largest absolute Gasteiger partial charge is 0.394 e. The van der Waals surface area contributed by atoms with Crippen molar-refractivity contribution in [1.29, 1.82) is 0 Å². The van der Waals surface area contributed by atoms with Crippen LogP contribution in [0, 0.1) is 0 Å². The molecule has 3 atom stereocenters. The molecule has 0 radical (unpaired) electrons. The molecule has 0 aromatic heterocycles. The molecule has 0 heterocycles. The number of rotatable bonds is 11. The second-order valence-electron chi connectivity index (χ2n) is 4.68. The summed E-state index contributed by atoms with van der Waals surface area (Å²) in [7, 11) is -3.39. The molecule has 2 unspecified atom stereocenters. The van der Waals surface area contributed by atoms with Gasteiger partial charge in [0.2, 0.25) is 10.0 Å². The van der Waals surface area contributed by atoms with Crippen molar-refractivity contribution in [3.05, 3.63) is 0 Å². The summed E-state index contributed by atoms with van der Waals surface area (Å²) in [6.07, 6.45) is -1.47. The Morgan fingerprint density at radius 2 is 1.90 bits per heavy atom. The lowest BCUT2D eigenvalue weighted by Crippen LogP contribution is -2.38. The van der Waals surface area contributed by atoms with E-state index in [4.69, 9.17) is 14.9 Å². The van der Waals surface area contributed by atoms with E-state index in [-0.39, 0.29) is 11.9 Å². The third-order valence-corrected chi connectivity index (χ3v) is 4.03. The van der Waals surface area contributed by atoms with Crippen molar-refractivity contribution in [3.63, 3.8) is 0 Å². The van der Waals surface area contributed by atoms with E-state index in [0.717, 1.165) is 0 Å². The van der Waals surface area contributed by atoms with E-state index in [2.05, 4.69) is 9.93 Å². The molecule has 8 nitrogen and oxygen atoms in total. The summed E-state index contributed by atoms with van der Waals surface area (Å²) in [5, 5.41) is 31.3. The summed E-state index contributed by atoms with van der Waals surface area (Å²) in [5.41, 5.74) is 0.522. The van der Waals surface area contributed by atoms with Crippen LogP contribution in [0.3, 0.4) is 0 Å². The van der Waals surface area contributed by atoms with Crippen molar-refractivity contribution in [1.82, 2.24) is 4.83 Å². The first-order valence-corrected chi connectivity index (χ1v) is 8.52. The average Bonchev–Trinajstić information content (AvgIpc) is 2.48. The number of hydrogen-bond donors (Lipinski definition) is 4. The smallest absolute Gasteiger partial charge is 0.247 e. The van der Waals surface area contributed by atoms with Gasteiger partial charge in [-0.05, 0) is 20.3 Å². The van der Waals surface area contributed by atoms with Gasteiger partial charge in [0, 0.05) is 12.1 Å². The number of ether oxygens (including phenoxy) is 1. The van der Waals surface area contributed by atoms with Gasteiger partial charge in [0.1, 0.15) is 12.2 Å². The third-order valence-electron chi connectivity index (χ3n) is 2.90. The molecule has 126 valence electrons. The highest BCUT2D eigenvalue weighted by molar-refractivity contribution is 7.89. The van der Waals surface area contributed by atoms with Gasteiger partial charge in [0.05, 0.1) is 25.1 Å². The molecule has 0 aliphatic rings. The van der Waals surface area contributed by atoms with Gasteiger partial charge in [-0.15, -0.1) is 0 Å². The molecule has 0 spiro atoms. The lowest BCUT2D eigenvalue weighted by Gasteiger charge is -2.25. The monoisotopic (exact) mass is 326 g/mol. The molecule has 0 bridgehead atoms. The Kier molecular flexibility index (Phi) is 9.71. The SMILES string of the molecule is CCC(C/C(C)=N/NS(=O)(=O)CC)OC(CO)[C@@H](O)CO. The second-order valence-corrected chi connectivity index (χ2v) is 6.67. The zero-order chi connectivity index (χ0) is 16.5.